The summed E-state index contributed by atoms with van der Waals surface area (Å²) < 4.78 is 48.3. The molecule has 38 heavy (non-hydrogen) atoms. The van der Waals surface area contributed by atoms with Crippen LogP contribution in [-0.4, -0.2) is 51.0 Å². The van der Waals surface area contributed by atoms with Gasteiger partial charge in [-0.1, -0.05) is 36.4 Å². The van der Waals surface area contributed by atoms with Gasteiger partial charge in [0.1, 0.15) is 12.4 Å². The van der Waals surface area contributed by atoms with E-state index in [4.69, 9.17) is 14.5 Å². The first-order valence-corrected chi connectivity index (χ1v) is 13.0. The maximum Gasteiger partial charge on any atom is 0.469 e. The van der Waals surface area contributed by atoms with Crippen LogP contribution in [0.15, 0.2) is 54.7 Å². The summed E-state index contributed by atoms with van der Waals surface area (Å²) in [5.74, 6) is -2.41. The SMILES string of the molecule is CC(=O)N(NCc1cccc(F)c1F)[C@H](CCCOP(=O)(O)O)COC(=O)Nc1cc2ccccc2cn1. The van der Waals surface area contributed by atoms with E-state index in [9.17, 15) is 22.9 Å². The number of nitrogens with one attached hydrogen (secondary N) is 2. The van der Waals surface area contributed by atoms with Crippen molar-refractivity contribution < 1.29 is 42.0 Å². The van der Waals surface area contributed by atoms with Crippen LogP contribution < -0.4 is 10.7 Å². The van der Waals surface area contributed by atoms with Crippen LogP contribution in [0.3, 0.4) is 0 Å². The number of hydrogen-bond donors (Lipinski definition) is 4. The van der Waals surface area contributed by atoms with Crippen LogP contribution in [0.5, 0.6) is 0 Å². The lowest BCUT2D eigenvalue weighted by atomic mass is 10.1. The zero-order valence-electron chi connectivity index (χ0n) is 20.3. The number of fused-ring (bicyclic) bond motifs is 1. The lowest BCUT2D eigenvalue weighted by molar-refractivity contribution is -0.136. The third kappa shape index (κ3) is 8.82. The van der Waals surface area contributed by atoms with E-state index in [0.717, 1.165) is 21.8 Å². The van der Waals surface area contributed by atoms with Crippen molar-refractivity contribution in [3.05, 3.63) is 71.9 Å². The van der Waals surface area contributed by atoms with E-state index in [1.807, 2.05) is 24.3 Å². The second-order valence-corrected chi connectivity index (χ2v) is 9.44. The molecule has 0 saturated heterocycles. The molecule has 3 aromatic rings. The Morgan fingerprint density at radius 3 is 2.58 bits per heavy atom. The number of ether oxygens (including phenoxy) is 1. The molecular weight excluding hydrogens is 525 g/mol. The minimum absolute atomic E-state index is 0.0409. The number of amides is 2. The Bertz CT molecular complexity index is 1320. The van der Waals surface area contributed by atoms with E-state index in [2.05, 4.69) is 20.3 Å². The number of carbonyl (C=O) groups excluding carboxylic acids is 2. The number of nitrogens with zero attached hydrogens (tertiary/aromatic N) is 2. The Morgan fingerprint density at radius 1 is 1.13 bits per heavy atom. The van der Waals surface area contributed by atoms with E-state index >= 15 is 0 Å². The molecule has 0 unspecified atom stereocenters. The normalized spacial score (nSPS) is 12.2. The van der Waals surface area contributed by atoms with E-state index in [1.54, 1.807) is 12.3 Å². The van der Waals surface area contributed by atoms with Crippen LogP contribution >= 0.6 is 7.82 Å². The molecule has 11 nitrogen and oxygen atoms in total. The molecule has 0 bridgehead atoms. The number of halogens is 2. The first kappa shape index (κ1) is 29.1. The molecule has 1 atom stereocenters. The summed E-state index contributed by atoms with van der Waals surface area (Å²) in [6.07, 6.45) is 0.887. The number of rotatable bonds is 12. The highest BCUT2D eigenvalue weighted by Gasteiger charge is 2.24. The Balaban J connectivity index is 1.67. The molecule has 1 aromatic heterocycles. The van der Waals surface area contributed by atoms with Gasteiger partial charge in [-0.15, -0.1) is 0 Å². The number of phosphoric ester groups is 1. The molecule has 1 heterocycles. The van der Waals surface area contributed by atoms with Gasteiger partial charge < -0.3 is 14.5 Å². The lowest BCUT2D eigenvalue weighted by Crippen LogP contribution is -2.50. The Labute approximate surface area is 217 Å². The van der Waals surface area contributed by atoms with Crippen LogP contribution in [0.25, 0.3) is 10.8 Å². The average molecular weight is 552 g/mol. The van der Waals surface area contributed by atoms with Crippen molar-refractivity contribution in [3.8, 4) is 0 Å². The van der Waals surface area contributed by atoms with Crippen molar-refractivity contribution in [1.82, 2.24) is 15.4 Å². The van der Waals surface area contributed by atoms with Gasteiger partial charge >= 0.3 is 13.9 Å². The average Bonchev–Trinajstić information content (AvgIpc) is 2.86. The van der Waals surface area contributed by atoms with Crippen molar-refractivity contribution in [2.75, 3.05) is 18.5 Å². The van der Waals surface area contributed by atoms with Crippen molar-refractivity contribution in [2.45, 2.75) is 32.4 Å². The number of anilines is 1. The van der Waals surface area contributed by atoms with Gasteiger partial charge in [0.15, 0.2) is 11.6 Å². The summed E-state index contributed by atoms with van der Waals surface area (Å²) in [6, 6.07) is 11.8. The van der Waals surface area contributed by atoms with Crippen molar-refractivity contribution in [1.29, 1.82) is 0 Å². The van der Waals surface area contributed by atoms with Gasteiger partial charge in [-0.2, -0.15) is 0 Å². The smallest absolute Gasteiger partial charge is 0.447 e. The van der Waals surface area contributed by atoms with Crippen LogP contribution in [0, 0.1) is 11.6 Å². The minimum atomic E-state index is -4.69. The number of hydrazine groups is 1. The molecule has 0 fully saturated rings. The molecule has 0 saturated carbocycles. The zero-order valence-corrected chi connectivity index (χ0v) is 21.2. The highest BCUT2D eigenvalue weighted by molar-refractivity contribution is 7.46. The monoisotopic (exact) mass is 552 g/mol. The summed E-state index contributed by atoms with van der Waals surface area (Å²) in [4.78, 5) is 46.8. The largest absolute Gasteiger partial charge is 0.469 e. The number of benzene rings is 2. The molecule has 0 aliphatic rings. The second kappa shape index (κ2) is 13.4. The Morgan fingerprint density at radius 2 is 1.87 bits per heavy atom. The van der Waals surface area contributed by atoms with Gasteiger partial charge in [-0.3, -0.25) is 19.6 Å². The summed E-state index contributed by atoms with van der Waals surface area (Å²) in [5, 5.41) is 5.31. The van der Waals surface area contributed by atoms with Crippen molar-refractivity contribution in [2.24, 2.45) is 0 Å². The van der Waals surface area contributed by atoms with Crippen LogP contribution in [0.1, 0.15) is 25.3 Å². The predicted octanol–water partition coefficient (Wildman–Crippen LogP) is 3.87. The van der Waals surface area contributed by atoms with Crippen LogP contribution in [0.4, 0.5) is 19.4 Å². The molecule has 2 amide bonds. The number of phosphoric acid groups is 1. The number of carbonyl (C=O) groups is 2. The van der Waals surface area contributed by atoms with Gasteiger partial charge in [0.25, 0.3) is 0 Å². The topological polar surface area (TPSA) is 150 Å². The first-order valence-electron chi connectivity index (χ1n) is 11.5. The standard InChI is InChI=1S/C24H27F2N4O7P/c1-16(31)30(28-14-19-8-4-10-21(25)23(19)26)20(9-5-11-37-38(33,34)35)15-36-24(32)29-22-12-17-6-2-3-7-18(17)13-27-22/h2-4,6-8,10,12-13,20,28H,5,9,11,14-15H2,1H3,(H,27,29,32)(H2,33,34,35)/t20-/m1/s1. The molecule has 3 rings (SSSR count). The van der Waals surface area contributed by atoms with Crippen molar-refractivity contribution >= 4 is 36.4 Å². The molecular formula is C24H27F2N4O7P. The van der Waals surface area contributed by atoms with Gasteiger partial charge in [-0.05, 0) is 30.4 Å². The first-order chi connectivity index (χ1) is 18.0. The minimum Gasteiger partial charge on any atom is -0.447 e. The van der Waals surface area contributed by atoms with E-state index in [1.165, 1.54) is 19.1 Å². The molecule has 0 aliphatic carbocycles. The van der Waals surface area contributed by atoms with Gasteiger partial charge in [0, 0.05) is 30.6 Å². The van der Waals surface area contributed by atoms with Gasteiger partial charge in [0.2, 0.25) is 5.91 Å². The summed E-state index contributed by atoms with van der Waals surface area (Å²) in [5.41, 5.74) is 2.67. The molecule has 4 N–H and O–H groups in total. The fourth-order valence-electron chi connectivity index (χ4n) is 3.61. The predicted molar refractivity (Wildman–Crippen MR) is 133 cm³/mol. The maximum atomic E-state index is 14.1. The summed E-state index contributed by atoms with van der Waals surface area (Å²) >= 11 is 0. The Kier molecular flexibility index (Phi) is 10.2. The fraction of sp³-hybridized carbons (Fsp3) is 0.292. The summed E-state index contributed by atoms with van der Waals surface area (Å²) in [7, 11) is -4.69. The third-order valence-corrected chi connectivity index (χ3v) is 5.90. The molecule has 204 valence electrons. The number of aromatic nitrogens is 1. The maximum absolute atomic E-state index is 14.1. The molecule has 2 aromatic carbocycles. The van der Waals surface area contributed by atoms with E-state index < -0.39 is 37.5 Å². The number of pyridine rings is 1. The molecule has 14 heteroatoms. The molecule has 0 spiro atoms. The third-order valence-electron chi connectivity index (χ3n) is 5.38. The lowest BCUT2D eigenvalue weighted by Gasteiger charge is -2.31. The quantitative estimate of drug-likeness (QED) is 0.149. The molecule has 0 radical (unpaired) electrons. The highest BCUT2D eigenvalue weighted by atomic mass is 31.2. The molecule has 0 aliphatic heterocycles. The van der Waals surface area contributed by atoms with E-state index in [-0.39, 0.29) is 44.0 Å². The zero-order chi connectivity index (χ0) is 27.7. The van der Waals surface area contributed by atoms with Crippen LogP contribution in [0.2, 0.25) is 0 Å². The highest BCUT2D eigenvalue weighted by Crippen LogP contribution is 2.35. The summed E-state index contributed by atoms with van der Waals surface area (Å²) in [6.45, 7) is 0.283. The number of hydrogen-bond acceptors (Lipinski definition) is 7. The fourth-order valence-corrected chi connectivity index (χ4v) is 3.97. The second-order valence-electron chi connectivity index (χ2n) is 8.20. The van der Waals surface area contributed by atoms with E-state index in [0.29, 0.717) is 0 Å². The van der Waals surface area contributed by atoms with Crippen molar-refractivity contribution in [3.63, 3.8) is 0 Å². The van der Waals surface area contributed by atoms with Crippen LogP contribution in [-0.2, 0) is 25.2 Å². The Hall–Kier alpha value is -3.48. The van der Waals surface area contributed by atoms with Gasteiger partial charge in [0.05, 0.1) is 12.6 Å². The van der Waals surface area contributed by atoms with Gasteiger partial charge in [-0.25, -0.2) is 28.6 Å².